The Hall–Kier alpha value is -1.91. The molecule has 4 aliphatic rings. The van der Waals surface area contributed by atoms with Crippen molar-refractivity contribution < 1.29 is 221 Å². The second kappa shape index (κ2) is 41.0. The molecule has 4 aromatic carbocycles. The molecule has 0 saturated heterocycles. The molecule has 4 aromatic rings. The summed E-state index contributed by atoms with van der Waals surface area (Å²) in [6.07, 6.45) is 10.1. The van der Waals surface area contributed by atoms with Gasteiger partial charge in [0.25, 0.3) is 0 Å². The third-order valence-corrected chi connectivity index (χ3v) is 19.1. The third-order valence-electron chi connectivity index (χ3n) is 15.8. The molecule has 34 heteroatoms. The zero-order chi connectivity index (χ0) is 63.6. The van der Waals surface area contributed by atoms with E-state index >= 15 is 0 Å². The molecule has 24 nitrogen and oxygen atoms in total. The summed E-state index contributed by atoms with van der Waals surface area (Å²) in [6, 6.07) is 15.8. The molecule has 0 aromatic heterocycles. The predicted molar refractivity (Wildman–Crippen MR) is 332 cm³/mol. The van der Waals surface area contributed by atoms with Gasteiger partial charge in [-0.05, 0) is 120 Å². The fourth-order valence-electron chi connectivity index (χ4n) is 10.8. The van der Waals surface area contributed by atoms with Gasteiger partial charge in [0, 0.05) is 113 Å². The molecular formula is C59H71N3Na4O21S6. The molecule has 0 amide bonds. The van der Waals surface area contributed by atoms with Crippen molar-refractivity contribution >= 4 is 124 Å². The summed E-state index contributed by atoms with van der Waals surface area (Å²) >= 11 is 16.4. The first-order valence-corrected chi connectivity index (χ1v) is 31.5. The van der Waals surface area contributed by atoms with Crippen molar-refractivity contribution in [3.63, 3.8) is 0 Å². The van der Waals surface area contributed by atoms with Crippen LogP contribution < -0.4 is 145 Å². The van der Waals surface area contributed by atoms with E-state index in [1.165, 1.54) is 23.4 Å². The molecule has 0 bridgehead atoms. The fourth-order valence-corrected chi connectivity index (χ4v) is 12.8. The van der Waals surface area contributed by atoms with Gasteiger partial charge in [-0.3, -0.25) is 38.8 Å². The van der Waals surface area contributed by atoms with Crippen molar-refractivity contribution in [2.45, 2.75) is 166 Å². The number of hydrogen-bond donors (Lipinski definition) is 3. The third kappa shape index (κ3) is 22.8. The van der Waals surface area contributed by atoms with E-state index in [-0.39, 0.29) is 180 Å². The molecule has 0 unspecified atom stereocenters. The number of aliphatic carboxylic acids is 3. The molecule has 93 heavy (non-hydrogen) atoms. The minimum Gasteiger partial charge on any atom is -0.778 e. The Morgan fingerprint density at radius 2 is 1.04 bits per heavy atom. The number of unbranched alkanes of at least 4 members (excludes halogenated alkanes) is 6. The van der Waals surface area contributed by atoms with Gasteiger partial charge in [-0.25, -0.2) is 8.42 Å². The number of carboxylic acid groups (broad SMARTS) is 3. The van der Waals surface area contributed by atoms with Gasteiger partial charge >= 0.3 is 136 Å². The van der Waals surface area contributed by atoms with Gasteiger partial charge in [0.15, 0.2) is 17.2 Å². The SMILES string of the molecule is CC1(C)C(=CC2=C([S-])C(=CC3=[N+](CCCCCC(=O)O)c4ccc(SOO[O-])cc4C3(C)C)C2=O)N(CCCCCC(=O)O)c2ccc(S(=O)(=O)[O-])cc21.CC1=[N+](CCCCCC(=O)O)c2ccc(SOO[O-])cc2C1(C)C.O.O.O.O=c1c([S-])c([S-])c1=O.[Na+].[Na+].[Na+].[Na+]. The average molecular weight is 1440 g/mol. The Labute approximate surface area is 653 Å². The molecule has 9 N–H and O–H groups in total. The Balaban J connectivity index is 0. The number of hydrogen-bond acceptors (Lipinski definition) is 21. The second-order valence-electron chi connectivity index (χ2n) is 22.3. The maximum Gasteiger partial charge on any atom is 1.00 e. The number of ketones is 1. The second-order valence-corrected chi connectivity index (χ2v) is 26.5. The van der Waals surface area contributed by atoms with Gasteiger partial charge in [0.1, 0.15) is 23.2 Å². The summed E-state index contributed by atoms with van der Waals surface area (Å²) in [5.41, 5.74) is 6.15. The van der Waals surface area contributed by atoms with Crippen LogP contribution in [-0.4, -0.2) is 109 Å². The van der Waals surface area contributed by atoms with Gasteiger partial charge < -0.3 is 89.6 Å². The monoisotopic (exact) mass is 1440 g/mol. The van der Waals surface area contributed by atoms with Crippen LogP contribution in [0, 0.1) is 0 Å². The summed E-state index contributed by atoms with van der Waals surface area (Å²) in [7, 11) is -4.73. The van der Waals surface area contributed by atoms with Crippen LogP contribution in [0.1, 0.15) is 142 Å². The summed E-state index contributed by atoms with van der Waals surface area (Å²) in [5, 5.41) is 54.3. The van der Waals surface area contributed by atoms with E-state index in [1.807, 2.05) is 69.0 Å². The molecule has 1 aliphatic carbocycles. The maximum atomic E-state index is 14.0. The van der Waals surface area contributed by atoms with Gasteiger partial charge in [0.05, 0.1) is 39.8 Å². The molecule has 3 heterocycles. The van der Waals surface area contributed by atoms with Crippen molar-refractivity contribution in [3.05, 3.63) is 126 Å². The van der Waals surface area contributed by atoms with Gasteiger partial charge in [0.2, 0.25) is 22.2 Å². The first-order chi connectivity index (χ1) is 40.4. The predicted octanol–water partition coefficient (Wildman–Crippen LogP) is -6.93. The van der Waals surface area contributed by atoms with E-state index in [4.69, 9.17) is 27.9 Å². The summed E-state index contributed by atoms with van der Waals surface area (Å²) in [6.45, 7) is 16.2. The van der Waals surface area contributed by atoms with Gasteiger partial charge in [-0.15, -0.1) is 9.79 Å². The zero-order valence-corrected chi connectivity index (χ0v) is 66.6. The Morgan fingerprint density at radius 3 is 1.47 bits per heavy atom. The number of nitrogens with zero attached hydrogens (tertiary/aromatic N) is 3. The minimum atomic E-state index is -4.73. The van der Waals surface area contributed by atoms with Gasteiger partial charge in [-0.1, -0.05) is 20.3 Å². The molecule has 0 radical (unpaired) electrons. The Kier molecular flexibility index (Phi) is 41.0. The normalized spacial score (nSPS) is 15.8. The number of benzene rings is 3. The minimum absolute atomic E-state index is 0. The topological polar surface area (TPSA) is 407 Å². The number of carbonyl (C=O) groups is 4. The fraction of sp³-hybridized carbons (Fsp3) is 0.424. The summed E-state index contributed by atoms with van der Waals surface area (Å²) in [4.78, 5) is 70.6. The zero-order valence-electron chi connectivity index (χ0n) is 53.7. The van der Waals surface area contributed by atoms with Crippen molar-refractivity contribution in [1.29, 1.82) is 0 Å². The molecule has 0 spiro atoms. The number of Topliss-reactive ketones (excluding diaryl/α,β-unsaturated/α-hetero) is 1. The number of rotatable bonds is 27. The molecule has 0 atom stereocenters. The van der Waals surface area contributed by atoms with Crippen LogP contribution in [0.3, 0.4) is 0 Å². The van der Waals surface area contributed by atoms with Crippen molar-refractivity contribution in [3.8, 4) is 0 Å². The number of allylic oxidation sites excluding steroid dienone is 5. The van der Waals surface area contributed by atoms with Crippen molar-refractivity contribution in [1.82, 2.24) is 0 Å². The average Bonchev–Trinajstić information content (AvgIpc) is 1.62. The van der Waals surface area contributed by atoms with E-state index < -0.39 is 49.7 Å². The number of carboxylic acids is 3. The van der Waals surface area contributed by atoms with Crippen LogP contribution >= 0.6 is 24.1 Å². The Morgan fingerprint density at radius 1 is 0.602 bits per heavy atom. The van der Waals surface area contributed by atoms with Crippen LogP contribution in [0.5, 0.6) is 0 Å². The van der Waals surface area contributed by atoms with E-state index in [9.17, 15) is 52.3 Å². The van der Waals surface area contributed by atoms with Crippen molar-refractivity contribution in [2.75, 3.05) is 24.5 Å². The van der Waals surface area contributed by atoms with Crippen LogP contribution in [-0.2, 0) is 102 Å². The Bertz CT molecular complexity index is 3630. The first kappa shape index (κ1) is 93.1. The molecule has 0 fully saturated rings. The smallest absolute Gasteiger partial charge is 0.778 e. The van der Waals surface area contributed by atoms with E-state index in [1.54, 1.807) is 18.2 Å². The summed E-state index contributed by atoms with van der Waals surface area (Å²) in [5.74, 6) is -2.73. The number of fused-ring (bicyclic) bond motifs is 3. The van der Waals surface area contributed by atoms with Crippen molar-refractivity contribution in [2.24, 2.45) is 0 Å². The molecular weight excluding hydrogens is 1370 g/mol. The van der Waals surface area contributed by atoms with E-state index in [0.717, 1.165) is 71.0 Å². The van der Waals surface area contributed by atoms with E-state index in [2.05, 4.69) is 73.9 Å². The molecule has 8 rings (SSSR count). The quantitative estimate of drug-likeness (QED) is 0.00477. The van der Waals surface area contributed by atoms with Crippen LogP contribution in [0.25, 0.3) is 0 Å². The number of anilines is 1. The largest absolute Gasteiger partial charge is 1.00 e. The molecule has 3 aliphatic heterocycles. The molecule has 0 saturated carbocycles. The van der Waals surface area contributed by atoms with E-state index in [0.29, 0.717) is 95.9 Å². The van der Waals surface area contributed by atoms with Crippen LogP contribution in [0.4, 0.5) is 17.1 Å². The summed E-state index contributed by atoms with van der Waals surface area (Å²) < 4.78 is 49.2. The number of carbonyl (C=O) groups excluding carboxylic acids is 1. The van der Waals surface area contributed by atoms with Crippen LogP contribution in [0.15, 0.2) is 123 Å². The molecule has 488 valence electrons. The van der Waals surface area contributed by atoms with Gasteiger partial charge in [-0.2, -0.15) is 22.7 Å². The standard InChI is InChI=1S/C38H44N2O11S3.C17H23NO5S.C4H2O2S2.4Na.3H2O/c1-37(2)27-19-23(53-51-50-46)13-15-29(27)39(17-9-5-7-11-33(41)42)31(37)21-25-35(45)26(36(25)52)22-32-38(3,4)28-20-24(54(47,48)49)14-16-30(28)40(32)18-10-6-8-12-34(43)44;1-12-17(2,3)14-11-13(24-23-22-21)8-9-15(14)18(12)10-6-4-5-7-16(19)20;5-1-2(6)4(8)3(1)7;;;;;;;/h13-16,19-22H,5-12,17-18H2,1-4H3,(H4-,41,42,43,44,45,46,47,48,49,52);8-9,11H,4-7,10H2,1-3H3,(H-,19,20,21);7-8H;;;;;3*1H2/q;;;4*+1;;;/p-4. The maximum absolute atomic E-state index is 14.0. The van der Waals surface area contributed by atoms with Crippen LogP contribution in [0.2, 0.25) is 0 Å². The first-order valence-electron chi connectivity index (χ1n) is 27.3.